The number of ether oxygens (including phenoxy) is 1. The Morgan fingerprint density at radius 1 is 1.57 bits per heavy atom. The molecule has 0 N–H and O–H groups in total. The summed E-state index contributed by atoms with van der Waals surface area (Å²) in [6, 6.07) is 0. The molecule has 0 atom stereocenters. The maximum Gasteiger partial charge on any atom is 0.283 e. The molecule has 0 aliphatic rings. The van der Waals surface area contributed by atoms with E-state index in [-0.39, 0.29) is 11.8 Å². The molecule has 1 aromatic rings. The SMILES string of the molecule is COc1c(C=O)cnc(C(F)F)c1F. The Bertz CT molecular complexity index is 355. The molecule has 0 bridgehead atoms. The fourth-order valence-corrected chi connectivity index (χ4v) is 0.941. The third kappa shape index (κ3) is 1.68. The van der Waals surface area contributed by atoms with Crippen LogP contribution in [0.3, 0.4) is 0 Å². The van der Waals surface area contributed by atoms with E-state index < -0.39 is 23.7 Å². The van der Waals surface area contributed by atoms with Crippen molar-refractivity contribution in [2.24, 2.45) is 0 Å². The summed E-state index contributed by atoms with van der Waals surface area (Å²) in [5.74, 6) is -1.81. The Labute approximate surface area is 77.5 Å². The van der Waals surface area contributed by atoms with Crippen molar-refractivity contribution in [3.8, 4) is 5.75 Å². The van der Waals surface area contributed by atoms with Gasteiger partial charge in [-0.05, 0) is 0 Å². The summed E-state index contributed by atoms with van der Waals surface area (Å²) in [6.45, 7) is 0. The van der Waals surface area contributed by atoms with Gasteiger partial charge in [0.1, 0.15) is 5.69 Å². The van der Waals surface area contributed by atoms with Gasteiger partial charge in [0, 0.05) is 6.20 Å². The lowest BCUT2D eigenvalue weighted by molar-refractivity contribution is 0.111. The highest BCUT2D eigenvalue weighted by molar-refractivity contribution is 5.78. The lowest BCUT2D eigenvalue weighted by Crippen LogP contribution is -2.02. The van der Waals surface area contributed by atoms with Crippen LogP contribution < -0.4 is 4.74 Å². The van der Waals surface area contributed by atoms with Gasteiger partial charge in [0.15, 0.2) is 17.9 Å². The highest BCUT2D eigenvalue weighted by atomic mass is 19.3. The van der Waals surface area contributed by atoms with Crippen molar-refractivity contribution in [1.29, 1.82) is 0 Å². The number of carbonyl (C=O) groups is 1. The van der Waals surface area contributed by atoms with E-state index in [0.717, 1.165) is 13.3 Å². The van der Waals surface area contributed by atoms with Crippen molar-refractivity contribution < 1.29 is 22.7 Å². The molecule has 3 nitrogen and oxygen atoms in total. The Kier molecular flexibility index (Phi) is 3.06. The van der Waals surface area contributed by atoms with E-state index >= 15 is 0 Å². The summed E-state index contributed by atoms with van der Waals surface area (Å²) < 4.78 is 41.9. The summed E-state index contributed by atoms with van der Waals surface area (Å²) in [5, 5.41) is 0. The number of hydrogen-bond acceptors (Lipinski definition) is 3. The number of halogens is 3. The molecule has 1 aromatic heterocycles. The van der Waals surface area contributed by atoms with Gasteiger partial charge in [-0.1, -0.05) is 0 Å². The molecule has 0 aliphatic heterocycles. The predicted molar refractivity (Wildman–Crippen MR) is 41.1 cm³/mol. The minimum atomic E-state index is -3.04. The van der Waals surface area contributed by atoms with Gasteiger partial charge in [0.2, 0.25) is 0 Å². The molecule has 0 spiro atoms. The largest absolute Gasteiger partial charge is 0.493 e. The molecule has 1 heterocycles. The van der Waals surface area contributed by atoms with Crippen LogP contribution in [0.1, 0.15) is 22.5 Å². The zero-order valence-electron chi connectivity index (χ0n) is 7.13. The first-order chi connectivity index (χ1) is 6.61. The van der Waals surface area contributed by atoms with Crippen LogP contribution in [0.15, 0.2) is 6.20 Å². The number of aldehydes is 1. The van der Waals surface area contributed by atoms with Crippen molar-refractivity contribution in [3.63, 3.8) is 0 Å². The molecule has 0 aliphatic carbocycles. The molecular formula is C8H6F3NO2. The Balaban J connectivity index is 3.34. The van der Waals surface area contributed by atoms with Crippen LogP contribution in [0.25, 0.3) is 0 Å². The summed E-state index contributed by atoms with van der Waals surface area (Å²) in [5.41, 5.74) is -1.22. The second kappa shape index (κ2) is 4.08. The fourth-order valence-electron chi connectivity index (χ4n) is 0.941. The van der Waals surface area contributed by atoms with Crippen molar-refractivity contribution in [1.82, 2.24) is 4.98 Å². The van der Waals surface area contributed by atoms with E-state index in [0.29, 0.717) is 0 Å². The molecule has 0 saturated carbocycles. The number of hydrogen-bond donors (Lipinski definition) is 0. The number of alkyl halides is 2. The maximum atomic E-state index is 13.1. The van der Waals surface area contributed by atoms with Crippen LogP contribution in [0.4, 0.5) is 13.2 Å². The first-order valence-electron chi connectivity index (χ1n) is 3.57. The number of aromatic nitrogens is 1. The molecule has 0 saturated heterocycles. The topological polar surface area (TPSA) is 39.2 Å². The number of rotatable bonds is 3. The van der Waals surface area contributed by atoms with Crippen molar-refractivity contribution in [3.05, 3.63) is 23.3 Å². The normalized spacial score (nSPS) is 10.4. The average molecular weight is 205 g/mol. The van der Waals surface area contributed by atoms with Crippen LogP contribution in [-0.2, 0) is 0 Å². The zero-order chi connectivity index (χ0) is 10.7. The van der Waals surface area contributed by atoms with Crippen LogP contribution in [-0.4, -0.2) is 18.4 Å². The summed E-state index contributed by atoms with van der Waals surface area (Å²) in [6.07, 6.45) is -1.91. The number of carbonyl (C=O) groups excluding carboxylic acids is 1. The maximum absolute atomic E-state index is 13.1. The van der Waals surface area contributed by atoms with E-state index in [1.807, 2.05) is 0 Å². The van der Waals surface area contributed by atoms with Crippen LogP contribution in [0, 0.1) is 5.82 Å². The van der Waals surface area contributed by atoms with E-state index in [1.165, 1.54) is 0 Å². The molecule has 76 valence electrons. The van der Waals surface area contributed by atoms with Crippen LogP contribution in [0.2, 0.25) is 0 Å². The second-order valence-corrected chi connectivity index (χ2v) is 2.36. The zero-order valence-corrected chi connectivity index (χ0v) is 7.13. The van der Waals surface area contributed by atoms with Gasteiger partial charge in [-0.15, -0.1) is 0 Å². The summed E-state index contributed by atoms with van der Waals surface area (Å²) in [4.78, 5) is 13.5. The second-order valence-electron chi connectivity index (χ2n) is 2.36. The van der Waals surface area contributed by atoms with E-state index in [2.05, 4.69) is 9.72 Å². The van der Waals surface area contributed by atoms with Crippen molar-refractivity contribution in [2.45, 2.75) is 6.43 Å². The van der Waals surface area contributed by atoms with Gasteiger partial charge in [0.05, 0.1) is 12.7 Å². The fraction of sp³-hybridized carbons (Fsp3) is 0.250. The molecule has 0 aromatic carbocycles. The lowest BCUT2D eigenvalue weighted by Gasteiger charge is -2.07. The summed E-state index contributed by atoms with van der Waals surface area (Å²) in [7, 11) is 1.08. The average Bonchev–Trinajstić information content (AvgIpc) is 2.16. The molecule has 6 heteroatoms. The molecule has 0 unspecified atom stereocenters. The van der Waals surface area contributed by atoms with Gasteiger partial charge in [0.25, 0.3) is 6.43 Å². The number of methoxy groups -OCH3 is 1. The Morgan fingerprint density at radius 2 is 2.21 bits per heavy atom. The highest BCUT2D eigenvalue weighted by Gasteiger charge is 2.21. The van der Waals surface area contributed by atoms with E-state index in [9.17, 15) is 18.0 Å². The van der Waals surface area contributed by atoms with Gasteiger partial charge in [-0.25, -0.2) is 13.2 Å². The molecule has 0 amide bonds. The predicted octanol–water partition coefficient (Wildman–Crippen LogP) is 1.98. The van der Waals surface area contributed by atoms with Crippen molar-refractivity contribution >= 4 is 6.29 Å². The first-order valence-corrected chi connectivity index (χ1v) is 3.57. The third-order valence-corrected chi connectivity index (χ3v) is 1.57. The van der Waals surface area contributed by atoms with Gasteiger partial charge >= 0.3 is 0 Å². The van der Waals surface area contributed by atoms with Crippen LogP contribution in [0.5, 0.6) is 5.75 Å². The van der Waals surface area contributed by atoms with Gasteiger partial charge in [-0.3, -0.25) is 9.78 Å². The lowest BCUT2D eigenvalue weighted by atomic mass is 10.2. The third-order valence-electron chi connectivity index (χ3n) is 1.57. The van der Waals surface area contributed by atoms with Gasteiger partial charge < -0.3 is 4.74 Å². The molecule has 0 radical (unpaired) electrons. The Hall–Kier alpha value is -1.59. The standard InChI is InChI=1S/C8H6F3NO2/c1-14-7-4(3-13)2-12-6(5(7)9)8(10)11/h2-3,8H,1H3. The first kappa shape index (κ1) is 10.5. The minimum absolute atomic E-state index is 0.200. The van der Waals surface area contributed by atoms with E-state index in [1.54, 1.807) is 0 Å². The monoisotopic (exact) mass is 205 g/mol. The smallest absolute Gasteiger partial charge is 0.283 e. The van der Waals surface area contributed by atoms with Gasteiger partial charge in [-0.2, -0.15) is 0 Å². The van der Waals surface area contributed by atoms with Crippen LogP contribution >= 0.6 is 0 Å². The highest BCUT2D eigenvalue weighted by Crippen LogP contribution is 2.28. The molecule has 0 fully saturated rings. The summed E-state index contributed by atoms with van der Waals surface area (Å²) >= 11 is 0. The molecule has 14 heavy (non-hydrogen) atoms. The quantitative estimate of drug-likeness (QED) is 0.708. The minimum Gasteiger partial charge on any atom is -0.493 e. The molecular weight excluding hydrogens is 199 g/mol. The van der Waals surface area contributed by atoms with Crippen molar-refractivity contribution in [2.75, 3.05) is 7.11 Å². The number of nitrogens with zero attached hydrogens (tertiary/aromatic N) is 1. The molecule has 1 rings (SSSR count). The Morgan fingerprint density at radius 3 is 2.64 bits per heavy atom. The number of pyridine rings is 1. The van der Waals surface area contributed by atoms with E-state index in [4.69, 9.17) is 0 Å².